The van der Waals surface area contributed by atoms with Crippen molar-refractivity contribution in [1.82, 2.24) is 10.2 Å². The molecule has 2 aliphatic rings. The van der Waals surface area contributed by atoms with Gasteiger partial charge in [0.15, 0.2) is 9.84 Å². The number of carbonyl (C=O) groups is 1. The van der Waals surface area contributed by atoms with Crippen LogP contribution in [0, 0.1) is 5.92 Å². The second-order valence-corrected chi connectivity index (χ2v) is 7.58. The lowest BCUT2D eigenvalue weighted by Gasteiger charge is -2.20. The van der Waals surface area contributed by atoms with Crippen LogP contribution in [0.4, 0.5) is 0 Å². The lowest BCUT2D eigenvalue weighted by Crippen LogP contribution is -2.40. The van der Waals surface area contributed by atoms with Crippen molar-refractivity contribution in [2.75, 3.05) is 31.1 Å². The topological polar surface area (TPSA) is 66.5 Å². The third-order valence-corrected chi connectivity index (χ3v) is 5.58. The summed E-state index contributed by atoms with van der Waals surface area (Å²) in [4.78, 5) is 13.9. The maximum Gasteiger partial charge on any atom is 0.239 e. The standard InChI is InChI=1S/C12H22N2O3S/c1-2-5-13-11-3-6-14(12(11)15)8-10-4-7-18(16,17)9-10/h10-11,13H,2-9H2,1H3. The molecule has 2 aliphatic heterocycles. The first kappa shape index (κ1) is 13.8. The summed E-state index contributed by atoms with van der Waals surface area (Å²) >= 11 is 0. The van der Waals surface area contributed by atoms with Crippen LogP contribution < -0.4 is 5.32 Å². The van der Waals surface area contributed by atoms with Crippen LogP contribution in [-0.4, -0.2) is 56.4 Å². The van der Waals surface area contributed by atoms with Crippen LogP contribution in [0.15, 0.2) is 0 Å². The number of hydrogen-bond acceptors (Lipinski definition) is 4. The average molecular weight is 274 g/mol. The number of nitrogens with one attached hydrogen (secondary N) is 1. The number of amides is 1. The van der Waals surface area contributed by atoms with Gasteiger partial charge in [0.1, 0.15) is 0 Å². The summed E-state index contributed by atoms with van der Waals surface area (Å²) in [5.41, 5.74) is 0. The quantitative estimate of drug-likeness (QED) is 0.767. The Kier molecular flexibility index (Phi) is 4.27. The normalized spacial score (nSPS) is 31.2. The van der Waals surface area contributed by atoms with Crippen molar-refractivity contribution >= 4 is 15.7 Å². The van der Waals surface area contributed by atoms with Gasteiger partial charge in [0, 0.05) is 13.1 Å². The predicted octanol–water partition coefficient (Wildman–Crippen LogP) is 0.0216. The lowest BCUT2D eigenvalue weighted by molar-refractivity contribution is -0.129. The van der Waals surface area contributed by atoms with E-state index in [0.29, 0.717) is 13.0 Å². The molecule has 2 unspecified atom stereocenters. The van der Waals surface area contributed by atoms with Crippen LogP contribution in [0.25, 0.3) is 0 Å². The summed E-state index contributed by atoms with van der Waals surface area (Å²) in [5, 5.41) is 3.24. The molecule has 0 aliphatic carbocycles. The molecule has 0 aromatic rings. The molecule has 0 aromatic carbocycles. The fourth-order valence-electron chi connectivity index (χ4n) is 2.76. The minimum Gasteiger partial charge on any atom is -0.341 e. The third-order valence-electron chi connectivity index (χ3n) is 3.74. The van der Waals surface area contributed by atoms with Crippen molar-refractivity contribution in [2.45, 2.75) is 32.2 Å². The van der Waals surface area contributed by atoms with Gasteiger partial charge in [0.2, 0.25) is 5.91 Å². The molecule has 6 heteroatoms. The molecular formula is C12H22N2O3S. The Balaban J connectivity index is 1.83. The average Bonchev–Trinajstić information content (AvgIpc) is 2.82. The minimum atomic E-state index is -2.84. The molecule has 2 heterocycles. The Morgan fingerprint density at radius 2 is 2.17 bits per heavy atom. The maximum atomic E-state index is 12.1. The zero-order valence-electron chi connectivity index (χ0n) is 10.9. The van der Waals surface area contributed by atoms with Crippen molar-refractivity contribution in [1.29, 1.82) is 0 Å². The molecule has 2 atom stereocenters. The zero-order chi connectivity index (χ0) is 13.2. The Hall–Kier alpha value is -0.620. The Morgan fingerprint density at radius 1 is 1.39 bits per heavy atom. The molecule has 0 radical (unpaired) electrons. The van der Waals surface area contributed by atoms with Crippen molar-refractivity contribution < 1.29 is 13.2 Å². The highest BCUT2D eigenvalue weighted by atomic mass is 32.2. The van der Waals surface area contributed by atoms with E-state index in [-0.39, 0.29) is 29.4 Å². The SMILES string of the molecule is CCCNC1CCN(CC2CCS(=O)(=O)C2)C1=O. The van der Waals surface area contributed by atoms with E-state index < -0.39 is 9.84 Å². The number of likely N-dealkylation sites (tertiary alicyclic amines) is 1. The van der Waals surface area contributed by atoms with Crippen LogP contribution in [0.1, 0.15) is 26.2 Å². The minimum absolute atomic E-state index is 0.0528. The third kappa shape index (κ3) is 3.23. The van der Waals surface area contributed by atoms with E-state index in [2.05, 4.69) is 12.2 Å². The van der Waals surface area contributed by atoms with Crippen LogP contribution in [-0.2, 0) is 14.6 Å². The van der Waals surface area contributed by atoms with Gasteiger partial charge in [-0.2, -0.15) is 0 Å². The molecule has 0 spiro atoms. The van der Waals surface area contributed by atoms with Crippen molar-refractivity contribution in [3.8, 4) is 0 Å². The lowest BCUT2D eigenvalue weighted by atomic mass is 10.1. The first-order valence-electron chi connectivity index (χ1n) is 6.74. The van der Waals surface area contributed by atoms with Crippen molar-refractivity contribution in [3.05, 3.63) is 0 Å². The molecule has 0 saturated carbocycles. The van der Waals surface area contributed by atoms with Gasteiger partial charge < -0.3 is 10.2 Å². The summed E-state index contributed by atoms with van der Waals surface area (Å²) in [6.07, 6.45) is 2.57. The summed E-state index contributed by atoms with van der Waals surface area (Å²) in [6.45, 7) is 4.31. The number of carbonyl (C=O) groups excluding carboxylic acids is 1. The van der Waals surface area contributed by atoms with Crippen LogP contribution >= 0.6 is 0 Å². The highest BCUT2D eigenvalue weighted by molar-refractivity contribution is 7.91. The molecule has 2 saturated heterocycles. The fraction of sp³-hybridized carbons (Fsp3) is 0.917. The second-order valence-electron chi connectivity index (χ2n) is 5.35. The van der Waals surface area contributed by atoms with Crippen molar-refractivity contribution in [2.24, 2.45) is 5.92 Å². The molecule has 2 fully saturated rings. The Labute approximate surface area is 109 Å². The van der Waals surface area contributed by atoms with Gasteiger partial charge in [-0.25, -0.2) is 8.42 Å². The van der Waals surface area contributed by atoms with Crippen LogP contribution in [0.2, 0.25) is 0 Å². The van der Waals surface area contributed by atoms with E-state index in [1.54, 1.807) is 0 Å². The number of hydrogen-bond donors (Lipinski definition) is 1. The number of sulfone groups is 1. The largest absolute Gasteiger partial charge is 0.341 e. The van der Waals surface area contributed by atoms with Crippen LogP contribution in [0.5, 0.6) is 0 Å². The van der Waals surface area contributed by atoms with E-state index in [4.69, 9.17) is 0 Å². The van der Waals surface area contributed by atoms with Crippen LogP contribution in [0.3, 0.4) is 0 Å². The van der Waals surface area contributed by atoms with Gasteiger partial charge in [-0.15, -0.1) is 0 Å². The highest BCUT2D eigenvalue weighted by Crippen LogP contribution is 2.22. The van der Waals surface area contributed by atoms with E-state index in [1.807, 2.05) is 4.90 Å². The van der Waals surface area contributed by atoms with E-state index in [9.17, 15) is 13.2 Å². The van der Waals surface area contributed by atoms with Gasteiger partial charge in [-0.1, -0.05) is 6.92 Å². The Bertz CT molecular complexity index is 408. The fourth-order valence-corrected chi connectivity index (χ4v) is 4.61. The molecule has 104 valence electrons. The first-order chi connectivity index (χ1) is 8.52. The molecule has 1 N–H and O–H groups in total. The van der Waals surface area contributed by atoms with Gasteiger partial charge in [-0.3, -0.25) is 4.79 Å². The van der Waals surface area contributed by atoms with E-state index >= 15 is 0 Å². The molecule has 0 bridgehead atoms. The van der Waals surface area contributed by atoms with Gasteiger partial charge in [-0.05, 0) is 31.7 Å². The predicted molar refractivity (Wildman–Crippen MR) is 70.0 cm³/mol. The monoisotopic (exact) mass is 274 g/mol. The number of nitrogens with zero attached hydrogens (tertiary/aromatic N) is 1. The molecule has 1 amide bonds. The van der Waals surface area contributed by atoms with Gasteiger partial charge in [0.25, 0.3) is 0 Å². The van der Waals surface area contributed by atoms with Gasteiger partial charge in [0.05, 0.1) is 17.5 Å². The summed E-state index contributed by atoms with van der Waals surface area (Å²) in [5.74, 6) is 0.831. The number of rotatable bonds is 5. The van der Waals surface area contributed by atoms with Crippen molar-refractivity contribution in [3.63, 3.8) is 0 Å². The Morgan fingerprint density at radius 3 is 2.78 bits per heavy atom. The molecule has 2 rings (SSSR count). The molecular weight excluding hydrogens is 252 g/mol. The summed E-state index contributed by atoms with van der Waals surface area (Å²) < 4.78 is 22.8. The smallest absolute Gasteiger partial charge is 0.239 e. The maximum absolute atomic E-state index is 12.1. The highest BCUT2D eigenvalue weighted by Gasteiger charge is 2.35. The molecule has 0 aromatic heterocycles. The van der Waals surface area contributed by atoms with Gasteiger partial charge >= 0.3 is 0 Å². The second kappa shape index (κ2) is 5.57. The summed E-state index contributed by atoms with van der Waals surface area (Å²) in [6, 6.07) is -0.0528. The molecule has 5 nitrogen and oxygen atoms in total. The summed E-state index contributed by atoms with van der Waals surface area (Å²) in [7, 11) is -2.84. The van der Waals surface area contributed by atoms with E-state index in [1.165, 1.54) is 0 Å². The first-order valence-corrected chi connectivity index (χ1v) is 8.56. The molecule has 18 heavy (non-hydrogen) atoms. The zero-order valence-corrected chi connectivity index (χ0v) is 11.7. The van der Waals surface area contributed by atoms with E-state index in [0.717, 1.165) is 25.9 Å².